The van der Waals surface area contributed by atoms with Crippen molar-refractivity contribution in [1.29, 1.82) is 5.26 Å². The molecule has 0 radical (unpaired) electrons. The molecule has 0 aliphatic carbocycles. The highest BCUT2D eigenvalue weighted by molar-refractivity contribution is 5.43. The number of hydrogen-bond acceptors (Lipinski definition) is 3. The standard InChI is InChI=1S/C18H20N2O/c1-3-16(20)18(15-10-6-4-8-13(15)2)21-17-11-7-5-9-14(17)12-19/h4-11,16,18H,3,20H2,1-2H3. The number of ether oxygens (including phenoxy) is 1. The topological polar surface area (TPSA) is 59.0 Å². The molecule has 2 unspecified atom stereocenters. The molecule has 3 heteroatoms. The number of rotatable bonds is 5. The van der Waals surface area contributed by atoms with Crippen LogP contribution in [0.3, 0.4) is 0 Å². The average Bonchev–Trinajstić information content (AvgIpc) is 2.53. The van der Waals surface area contributed by atoms with Crippen LogP contribution >= 0.6 is 0 Å². The first-order chi connectivity index (χ1) is 10.2. The zero-order valence-corrected chi connectivity index (χ0v) is 12.4. The van der Waals surface area contributed by atoms with Crippen molar-refractivity contribution in [3.63, 3.8) is 0 Å². The number of nitriles is 1. The number of nitrogens with two attached hydrogens (primary N) is 1. The van der Waals surface area contributed by atoms with Gasteiger partial charge < -0.3 is 10.5 Å². The molecule has 0 saturated carbocycles. The van der Waals surface area contributed by atoms with Gasteiger partial charge in [-0.15, -0.1) is 0 Å². The molecule has 0 aromatic heterocycles. The van der Waals surface area contributed by atoms with Gasteiger partial charge >= 0.3 is 0 Å². The fourth-order valence-electron chi connectivity index (χ4n) is 2.30. The Labute approximate surface area is 126 Å². The molecule has 3 nitrogen and oxygen atoms in total. The van der Waals surface area contributed by atoms with Gasteiger partial charge in [-0.3, -0.25) is 0 Å². The second-order valence-electron chi connectivity index (χ2n) is 5.08. The fourth-order valence-corrected chi connectivity index (χ4v) is 2.30. The van der Waals surface area contributed by atoms with Crippen LogP contribution in [0, 0.1) is 18.3 Å². The first-order valence-electron chi connectivity index (χ1n) is 7.14. The Bertz CT molecular complexity index is 646. The quantitative estimate of drug-likeness (QED) is 0.908. The van der Waals surface area contributed by atoms with Gasteiger partial charge in [-0.2, -0.15) is 5.26 Å². The normalized spacial score (nSPS) is 13.2. The molecule has 0 heterocycles. The van der Waals surface area contributed by atoms with E-state index < -0.39 is 0 Å². The average molecular weight is 280 g/mol. The Morgan fingerprint density at radius 2 is 1.81 bits per heavy atom. The van der Waals surface area contributed by atoms with Gasteiger partial charge in [0, 0.05) is 6.04 Å². The second kappa shape index (κ2) is 6.92. The molecular weight excluding hydrogens is 260 g/mol. The summed E-state index contributed by atoms with van der Waals surface area (Å²) in [5.74, 6) is 0.581. The van der Waals surface area contributed by atoms with Crippen molar-refractivity contribution in [2.24, 2.45) is 5.73 Å². The van der Waals surface area contributed by atoms with Gasteiger partial charge in [0.15, 0.2) is 0 Å². The van der Waals surface area contributed by atoms with Crippen molar-refractivity contribution < 1.29 is 4.74 Å². The molecule has 2 aromatic rings. The van der Waals surface area contributed by atoms with Gasteiger partial charge in [0.1, 0.15) is 17.9 Å². The van der Waals surface area contributed by atoms with E-state index in [-0.39, 0.29) is 12.1 Å². The van der Waals surface area contributed by atoms with Gasteiger partial charge in [0.25, 0.3) is 0 Å². The highest BCUT2D eigenvalue weighted by atomic mass is 16.5. The van der Waals surface area contributed by atoms with E-state index in [4.69, 9.17) is 10.5 Å². The minimum Gasteiger partial charge on any atom is -0.483 e. The number of aryl methyl sites for hydroxylation is 1. The maximum atomic E-state index is 9.19. The van der Waals surface area contributed by atoms with Crippen molar-refractivity contribution in [3.8, 4) is 11.8 Å². The van der Waals surface area contributed by atoms with Crippen molar-refractivity contribution >= 4 is 0 Å². The second-order valence-corrected chi connectivity index (χ2v) is 5.08. The van der Waals surface area contributed by atoms with Crippen LogP contribution in [-0.2, 0) is 0 Å². The van der Waals surface area contributed by atoms with E-state index in [1.54, 1.807) is 6.07 Å². The summed E-state index contributed by atoms with van der Waals surface area (Å²) < 4.78 is 6.11. The highest BCUT2D eigenvalue weighted by Gasteiger charge is 2.23. The molecule has 21 heavy (non-hydrogen) atoms. The van der Waals surface area contributed by atoms with Crippen LogP contribution in [0.2, 0.25) is 0 Å². The van der Waals surface area contributed by atoms with Crippen LogP contribution in [-0.4, -0.2) is 6.04 Å². The summed E-state index contributed by atoms with van der Waals surface area (Å²) in [6, 6.07) is 17.3. The van der Waals surface area contributed by atoms with Crippen molar-refractivity contribution in [3.05, 3.63) is 65.2 Å². The maximum absolute atomic E-state index is 9.19. The molecule has 108 valence electrons. The van der Waals surface area contributed by atoms with Crippen molar-refractivity contribution in [2.75, 3.05) is 0 Å². The molecule has 2 N–H and O–H groups in total. The molecule has 2 atom stereocenters. The molecule has 0 aliphatic rings. The zero-order chi connectivity index (χ0) is 15.2. The molecule has 0 aliphatic heterocycles. The van der Waals surface area contributed by atoms with Gasteiger partial charge in [0.05, 0.1) is 5.56 Å². The van der Waals surface area contributed by atoms with E-state index in [1.807, 2.05) is 56.3 Å². The van der Waals surface area contributed by atoms with E-state index in [1.165, 1.54) is 0 Å². The molecular formula is C18H20N2O. The molecule has 0 spiro atoms. The van der Waals surface area contributed by atoms with Crippen LogP contribution in [0.25, 0.3) is 0 Å². The molecule has 0 fully saturated rings. The Kier molecular flexibility index (Phi) is 4.97. The summed E-state index contributed by atoms with van der Waals surface area (Å²) >= 11 is 0. The largest absolute Gasteiger partial charge is 0.483 e. The van der Waals surface area contributed by atoms with E-state index in [0.29, 0.717) is 11.3 Å². The Hall–Kier alpha value is -2.31. The predicted octanol–water partition coefficient (Wildman–Crippen LogP) is 3.72. The summed E-state index contributed by atoms with van der Waals surface area (Å²) in [6.45, 7) is 4.08. The van der Waals surface area contributed by atoms with Gasteiger partial charge in [-0.25, -0.2) is 0 Å². The van der Waals surface area contributed by atoms with Gasteiger partial charge in [-0.05, 0) is 36.6 Å². The van der Waals surface area contributed by atoms with Crippen LogP contribution < -0.4 is 10.5 Å². The van der Waals surface area contributed by atoms with Crippen LogP contribution in [0.5, 0.6) is 5.75 Å². The number of para-hydroxylation sites is 1. The van der Waals surface area contributed by atoms with E-state index in [0.717, 1.165) is 17.5 Å². The molecule has 0 saturated heterocycles. The van der Waals surface area contributed by atoms with Gasteiger partial charge in [-0.1, -0.05) is 43.3 Å². The van der Waals surface area contributed by atoms with Crippen LogP contribution in [0.4, 0.5) is 0 Å². The van der Waals surface area contributed by atoms with Crippen LogP contribution in [0.15, 0.2) is 48.5 Å². The summed E-state index contributed by atoms with van der Waals surface area (Å²) in [4.78, 5) is 0. The lowest BCUT2D eigenvalue weighted by atomic mass is 9.96. The Balaban J connectivity index is 2.39. The first kappa shape index (κ1) is 15.1. The fraction of sp³-hybridized carbons (Fsp3) is 0.278. The number of hydrogen-bond donors (Lipinski definition) is 1. The lowest BCUT2D eigenvalue weighted by Crippen LogP contribution is -2.32. The molecule has 2 aromatic carbocycles. The predicted molar refractivity (Wildman–Crippen MR) is 84.0 cm³/mol. The minimum absolute atomic E-state index is 0.127. The van der Waals surface area contributed by atoms with Crippen LogP contribution in [0.1, 0.15) is 36.1 Å². The third kappa shape index (κ3) is 3.42. The molecule has 0 amide bonds. The smallest absolute Gasteiger partial charge is 0.139 e. The summed E-state index contributed by atoms with van der Waals surface area (Å²) in [6.07, 6.45) is 0.541. The number of nitrogens with zero attached hydrogens (tertiary/aromatic N) is 1. The first-order valence-corrected chi connectivity index (χ1v) is 7.14. The van der Waals surface area contributed by atoms with E-state index in [9.17, 15) is 5.26 Å². The number of benzene rings is 2. The zero-order valence-electron chi connectivity index (χ0n) is 12.4. The summed E-state index contributed by atoms with van der Waals surface area (Å²) in [5, 5.41) is 9.19. The molecule has 0 bridgehead atoms. The maximum Gasteiger partial charge on any atom is 0.139 e. The van der Waals surface area contributed by atoms with Crippen molar-refractivity contribution in [2.45, 2.75) is 32.4 Å². The Morgan fingerprint density at radius 3 is 2.48 bits per heavy atom. The van der Waals surface area contributed by atoms with Crippen molar-refractivity contribution in [1.82, 2.24) is 0 Å². The van der Waals surface area contributed by atoms with E-state index >= 15 is 0 Å². The Morgan fingerprint density at radius 1 is 1.14 bits per heavy atom. The lowest BCUT2D eigenvalue weighted by molar-refractivity contribution is 0.170. The third-order valence-corrected chi connectivity index (χ3v) is 3.62. The lowest BCUT2D eigenvalue weighted by Gasteiger charge is -2.26. The summed E-state index contributed by atoms with van der Waals surface area (Å²) in [5.41, 5.74) is 8.99. The van der Waals surface area contributed by atoms with E-state index in [2.05, 4.69) is 6.07 Å². The van der Waals surface area contributed by atoms with Gasteiger partial charge in [0.2, 0.25) is 0 Å². The minimum atomic E-state index is -0.259. The third-order valence-electron chi connectivity index (χ3n) is 3.62. The summed E-state index contributed by atoms with van der Waals surface area (Å²) in [7, 11) is 0. The SMILES string of the molecule is CCC(N)C(Oc1ccccc1C#N)c1ccccc1C. The highest BCUT2D eigenvalue weighted by Crippen LogP contribution is 2.29. The molecule has 2 rings (SSSR count). The monoisotopic (exact) mass is 280 g/mol.